The summed E-state index contributed by atoms with van der Waals surface area (Å²) in [7, 11) is 3.93. The summed E-state index contributed by atoms with van der Waals surface area (Å²) in [6, 6.07) is 12.8. The van der Waals surface area contributed by atoms with E-state index in [2.05, 4.69) is 5.32 Å². The number of rotatable bonds is 8. The standard InChI is InChI=1S/C24H27N3O4S/c1-26(2)20-10-9-18(25-23(28)21-7-4-12-31-21)14-17(20)15-27(16-19-6-3-11-30-19)24(29)22-8-5-13-32-22/h4-5,7-10,12-14,19H,3,6,11,15-16H2,1-2H3,(H,25,28)/t19-/m0/s1. The van der Waals surface area contributed by atoms with Crippen molar-refractivity contribution in [2.45, 2.75) is 25.5 Å². The quantitative estimate of drug-likeness (QED) is 0.544. The van der Waals surface area contributed by atoms with Gasteiger partial charge in [0.25, 0.3) is 11.8 Å². The second kappa shape index (κ2) is 10.0. The minimum atomic E-state index is -0.315. The smallest absolute Gasteiger partial charge is 0.291 e. The summed E-state index contributed by atoms with van der Waals surface area (Å²) in [6.07, 6.45) is 3.48. The van der Waals surface area contributed by atoms with E-state index in [-0.39, 0.29) is 23.7 Å². The second-order valence-electron chi connectivity index (χ2n) is 7.97. The largest absolute Gasteiger partial charge is 0.459 e. The topological polar surface area (TPSA) is 75.0 Å². The summed E-state index contributed by atoms with van der Waals surface area (Å²) >= 11 is 1.44. The zero-order valence-electron chi connectivity index (χ0n) is 18.2. The van der Waals surface area contributed by atoms with E-state index in [1.165, 1.54) is 17.6 Å². The lowest BCUT2D eigenvalue weighted by atomic mass is 10.1. The van der Waals surface area contributed by atoms with Crippen molar-refractivity contribution >= 4 is 34.5 Å². The van der Waals surface area contributed by atoms with Crippen molar-refractivity contribution in [1.29, 1.82) is 0 Å². The van der Waals surface area contributed by atoms with Crippen molar-refractivity contribution in [3.8, 4) is 0 Å². The van der Waals surface area contributed by atoms with E-state index < -0.39 is 0 Å². The Bertz CT molecular complexity index is 1040. The Hall–Kier alpha value is -3.10. The third-order valence-corrected chi connectivity index (χ3v) is 6.25. The van der Waals surface area contributed by atoms with Gasteiger partial charge in [0.1, 0.15) is 0 Å². The van der Waals surface area contributed by atoms with Gasteiger partial charge in [-0.05, 0) is 60.2 Å². The number of amides is 2. The number of benzene rings is 1. The number of anilines is 2. The maximum atomic E-state index is 13.3. The Morgan fingerprint density at radius 2 is 2.06 bits per heavy atom. The number of carbonyl (C=O) groups is 2. The van der Waals surface area contributed by atoms with E-state index in [4.69, 9.17) is 9.15 Å². The first-order chi connectivity index (χ1) is 15.5. The Morgan fingerprint density at radius 1 is 1.19 bits per heavy atom. The van der Waals surface area contributed by atoms with E-state index >= 15 is 0 Å². The Morgan fingerprint density at radius 3 is 2.72 bits per heavy atom. The predicted octanol–water partition coefficient (Wildman–Crippen LogP) is 4.48. The van der Waals surface area contributed by atoms with Crippen molar-refractivity contribution in [3.63, 3.8) is 0 Å². The Labute approximate surface area is 191 Å². The van der Waals surface area contributed by atoms with Crippen molar-refractivity contribution < 1.29 is 18.7 Å². The van der Waals surface area contributed by atoms with Gasteiger partial charge in [0.05, 0.1) is 17.2 Å². The van der Waals surface area contributed by atoms with Crippen LogP contribution >= 0.6 is 11.3 Å². The van der Waals surface area contributed by atoms with Crippen LogP contribution in [0.15, 0.2) is 58.5 Å². The molecule has 1 fully saturated rings. The molecule has 0 radical (unpaired) electrons. The van der Waals surface area contributed by atoms with Crippen LogP contribution in [0.3, 0.4) is 0 Å². The molecular formula is C24H27N3O4S. The molecule has 2 aromatic heterocycles. The molecule has 168 valence electrons. The van der Waals surface area contributed by atoms with Crippen LogP contribution in [-0.4, -0.2) is 50.1 Å². The fraction of sp³-hybridized carbons (Fsp3) is 0.333. The third-order valence-electron chi connectivity index (χ3n) is 5.39. The number of nitrogens with one attached hydrogen (secondary N) is 1. The summed E-state index contributed by atoms with van der Waals surface area (Å²) in [6.45, 7) is 1.68. The summed E-state index contributed by atoms with van der Waals surface area (Å²) in [5, 5.41) is 4.79. The Balaban J connectivity index is 1.60. The first kappa shape index (κ1) is 22.1. The van der Waals surface area contributed by atoms with E-state index in [9.17, 15) is 9.59 Å². The van der Waals surface area contributed by atoms with Crippen molar-refractivity contribution in [3.05, 3.63) is 70.3 Å². The molecule has 1 aromatic carbocycles. The molecule has 1 N–H and O–H groups in total. The van der Waals surface area contributed by atoms with Crippen molar-refractivity contribution in [2.75, 3.05) is 37.5 Å². The van der Waals surface area contributed by atoms with Crippen LogP contribution < -0.4 is 10.2 Å². The molecule has 32 heavy (non-hydrogen) atoms. The zero-order valence-corrected chi connectivity index (χ0v) is 19.1. The van der Waals surface area contributed by atoms with Gasteiger partial charge in [-0.15, -0.1) is 11.3 Å². The number of hydrogen-bond donors (Lipinski definition) is 1. The molecular weight excluding hydrogens is 426 g/mol. The van der Waals surface area contributed by atoms with Crippen LogP contribution in [0.25, 0.3) is 0 Å². The fourth-order valence-corrected chi connectivity index (χ4v) is 4.53. The molecule has 3 heterocycles. The van der Waals surface area contributed by atoms with E-state index in [0.717, 1.165) is 30.7 Å². The number of ether oxygens (including phenoxy) is 1. The van der Waals surface area contributed by atoms with Crippen LogP contribution in [0.5, 0.6) is 0 Å². The minimum absolute atomic E-state index is 0.00905. The van der Waals surface area contributed by atoms with E-state index in [1.807, 2.05) is 59.6 Å². The highest BCUT2D eigenvalue weighted by Crippen LogP contribution is 2.27. The summed E-state index contributed by atoms with van der Waals surface area (Å²) in [4.78, 5) is 30.3. The van der Waals surface area contributed by atoms with E-state index in [1.54, 1.807) is 12.1 Å². The number of furan rings is 1. The number of thiophene rings is 1. The molecule has 0 unspecified atom stereocenters. The van der Waals surface area contributed by atoms with Gasteiger partial charge in [-0.25, -0.2) is 0 Å². The van der Waals surface area contributed by atoms with Crippen LogP contribution in [0.2, 0.25) is 0 Å². The fourth-order valence-electron chi connectivity index (χ4n) is 3.84. The van der Waals surface area contributed by atoms with E-state index in [0.29, 0.717) is 23.7 Å². The van der Waals surface area contributed by atoms with Crippen LogP contribution in [0.4, 0.5) is 11.4 Å². The Kier molecular flexibility index (Phi) is 6.92. The van der Waals surface area contributed by atoms with Gasteiger partial charge in [0, 0.05) is 45.2 Å². The van der Waals surface area contributed by atoms with Gasteiger partial charge in [0.2, 0.25) is 0 Å². The molecule has 8 heteroatoms. The number of hydrogen-bond acceptors (Lipinski definition) is 6. The summed E-state index contributed by atoms with van der Waals surface area (Å²) in [5.74, 6) is -0.0780. The lowest BCUT2D eigenvalue weighted by Gasteiger charge is -2.28. The zero-order chi connectivity index (χ0) is 22.5. The number of carbonyl (C=O) groups excluding carboxylic acids is 2. The van der Waals surface area contributed by atoms with Crippen molar-refractivity contribution in [2.24, 2.45) is 0 Å². The summed E-state index contributed by atoms with van der Waals surface area (Å²) in [5.41, 5.74) is 2.57. The molecule has 1 aliphatic rings. The molecule has 2 amide bonds. The molecule has 1 atom stereocenters. The average Bonchev–Trinajstić information content (AvgIpc) is 3.56. The van der Waals surface area contributed by atoms with Crippen LogP contribution in [-0.2, 0) is 11.3 Å². The number of nitrogens with zero attached hydrogens (tertiary/aromatic N) is 2. The van der Waals surface area contributed by atoms with Crippen molar-refractivity contribution in [1.82, 2.24) is 4.90 Å². The molecule has 0 saturated carbocycles. The molecule has 1 saturated heterocycles. The van der Waals surface area contributed by atoms with Crippen LogP contribution in [0, 0.1) is 0 Å². The molecule has 0 aliphatic carbocycles. The molecule has 0 bridgehead atoms. The van der Waals surface area contributed by atoms with Gasteiger partial charge < -0.3 is 24.3 Å². The lowest BCUT2D eigenvalue weighted by Crippen LogP contribution is -2.37. The average molecular weight is 454 g/mol. The molecule has 3 aromatic rings. The lowest BCUT2D eigenvalue weighted by molar-refractivity contribution is 0.0511. The predicted molar refractivity (Wildman–Crippen MR) is 125 cm³/mol. The SMILES string of the molecule is CN(C)c1ccc(NC(=O)c2ccco2)cc1CN(C[C@@H]1CCCO1)C(=O)c1cccs1. The van der Waals surface area contributed by atoms with Gasteiger partial charge >= 0.3 is 0 Å². The highest BCUT2D eigenvalue weighted by molar-refractivity contribution is 7.12. The summed E-state index contributed by atoms with van der Waals surface area (Å²) < 4.78 is 11.0. The normalized spacial score (nSPS) is 15.5. The van der Waals surface area contributed by atoms with Gasteiger partial charge in [-0.1, -0.05) is 6.07 Å². The first-order valence-electron chi connectivity index (χ1n) is 10.6. The first-order valence-corrected chi connectivity index (χ1v) is 11.5. The molecule has 4 rings (SSSR count). The molecule has 0 spiro atoms. The maximum absolute atomic E-state index is 13.3. The highest BCUT2D eigenvalue weighted by Gasteiger charge is 2.25. The van der Waals surface area contributed by atoms with Crippen LogP contribution in [0.1, 0.15) is 38.6 Å². The monoisotopic (exact) mass is 453 g/mol. The maximum Gasteiger partial charge on any atom is 0.291 e. The molecule has 7 nitrogen and oxygen atoms in total. The van der Waals surface area contributed by atoms with Gasteiger partial charge in [-0.3, -0.25) is 9.59 Å². The third kappa shape index (κ3) is 5.20. The molecule has 1 aliphatic heterocycles. The second-order valence-corrected chi connectivity index (χ2v) is 8.92. The van der Waals surface area contributed by atoms with Gasteiger partial charge in [0.15, 0.2) is 5.76 Å². The minimum Gasteiger partial charge on any atom is -0.459 e. The van der Waals surface area contributed by atoms with Gasteiger partial charge in [-0.2, -0.15) is 0 Å². The highest BCUT2D eigenvalue weighted by atomic mass is 32.1.